The molecule has 0 radical (unpaired) electrons. The minimum Gasteiger partial charge on any atom is -0.497 e. The van der Waals surface area contributed by atoms with Crippen molar-refractivity contribution in [2.24, 2.45) is 5.92 Å². The van der Waals surface area contributed by atoms with Crippen molar-refractivity contribution in [2.75, 3.05) is 38.0 Å². The van der Waals surface area contributed by atoms with Gasteiger partial charge in [0.05, 0.1) is 20.1 Å². The van der Waals surface area contributed by atoms with Gasteiger partial charge in [-0.25, -0.2) is 4.79 Å². The quantitative estimate of drug-likeness (QED) is 0.644. The molecule has 9 heteroatoms. The molecule has 1 aromatic heterocycles. The molecule has 1 aromatic carbocycles. The Kier molecular flexibility index (Phi) is 7.60. The molecule has 0 fully saturated rings. The molecule has 0 saturated heterocycles. The lowest BCUT2D eigenvalue weighted by molar-refractivity contribution is -0.118. The molecule has 0 saturated carbocycles. The van der Waals surface area contributed by atoms with Crippen LogP contribution in [0.1, 0.15) is 19.4 Å². The molecule has 0 aliphatic rings. The summed E-state index contributed by atoms with van der Waals surface area (Å²) in [6, 6.07) is 7.06. The molecule has 158 valence electrons. The van der Waals surface area contributed by atoms with Crippen LogP contribution in [0.25, 0.3) is 0 Å². The number of rotatable bonds is 9. The average Bonchev–Trinajstić information content (AvgIpc) is 2.67. The lowest BCUT2D eigenvalue weighted by atomic mass is 10.1. The monoisotopic (exact) mass is 404 g/mol. The smallest absolute Gasteiger partial charge is 0.330 e. The van der Waals surface area contributed by atoms with Crippen LogP contribution in [0.4, 0.5) is 11.5 Å². The number of ether oxygens (including phenoxy) is 2. The average molecular weight is 404 g/mol. The van der Waals surface area contributed by atoms with Crippen LogP contribution in [0.3, 0.4) is 0 Å². The van der Waals surface area contributed by atoms with Gasteiger partial charge in [-0.15, -0.1) is 0 Å². The number of hydrogen-bond acceptors (Lipinski definition) is 6. The summed E-state index contributed by atoms with van der Waals surface area (Å²) in [5.74, 6) is 0.431. The molecule has 1 amide bonds. The fourth-order valence-electron chi connectivity index (χ4n) is 2.94. The van der Waals surface area contributed by atoms with E-state index in [0.29, 0.717) is 12.3 Å². The van der Waals surface area contributed by atoms with E-state index in [4.69, 9.17) is 15.2 Å². The van der Waals surface area contributed by atoms with Crippen molar-refractivity contribution in [1.29, 1.82) is 0 Å². The SMILES string of the molecule is COCCN(C(=O)Cc1ccc(OC)cc1)c1c(N)n(CC(C)C)c(=O)[nH]c1=O. The Bertz CT molecular complexity index is 947. The number of nitrogens with zero attached hydrogens (tertiary/aromatic N) is 2. The van der Waals surface area contributed by atoms with Gasteiger partial charge in [0.2, 0.25) is 5.91 Å². The Hall–Kier alpha value is -3.07. The Balaban J connectivity index is 2.44. The maximum Gasteiger partial charge on any atom is 0.330 e. The van der Waals surface area contributed by atoms with Gasteiger partial charge in [-0.2, -0.15) is 0 Å². The number of amides is 1. The third kappa shape index (κ3) is 5.47. The number of carbonyl (C=O) groups excluding carboxylic acids is 1. The summed E-state index contributed by atoms with van der Waals surface area (Å²) in [6.07, 6.45) is 0.0515. The van der Waals surface area contributed by atoms with Crippen LogP contribution in [-0.2, 0) is 22.5 Å². The largest absolute Gasteiger partial charge is 0.497 e. The van der Waals surface area contributed by atoms with E-state index in [1.165, 1.54) is 16.6 Å². The number of nitrogen functional groups attached to an aromatic ring is 1. The van der Waals surface area contributed by atoms with Gasteiger partial charge in [0.1, 0.15) is 11.6 Å². The molecule has 9 nitrogen and oxygen atoms in total. The number of H-pyrrole nitrogens is 1. The van der Waals surface area contributed by atoms with E-state index in [1.807, 2.05) is 13.8 Å². The lowest BCUT2D eigenvalue weighted by Crippen LogP contribution is -2.43. The Morgan fingerprint density at radius 1 is 1.21 bits per heavy atom. The number of carbonyl (C=O) groups is 1. The first-order valence-electron chi connectivity index (χ1n) is 9.33. The Labute approximate surface area is 169 Å². The summed E-state index contributed by atoms with van der Waals surface area (Å²) < 4.78 is 11.5. The number of nitrogens with one attached hydrogen (secondary N) is 1. The molecule has 0 bridgehead atoms. The summed E-state index contributed by atoms with van der Waals surface area (Å²) in [6.45, 7) is 4.50. The zero-order chi connectivity index (χ0) is 21.6. The first kappa shape index (κ1) is 22.2. The maximum absolute atomic E-state index is 13.0. The van der Waals surface area contributed by atoms with Gasteiger partial charge in [-0.05, 0) is 23.6 Å². The van der Waals surface area contributed by atoms with Gasteiger partial charge in [-0.3, -0.25) is 19.1 Å². The van der Waals surface area contributed by atoms with Crippen LogP contribution in [0.2, 0.25) is 0 Å². The van der Waals surface area contributed by atoms with E-state index in [9.17, 15) is 14.4 Å². The Morgan fingerprint density at radius 2 is 1.86 bits per heavy atom. The third-order valence-corrected chi connectivity index (χ3v) is 4.37. The normalized spacial score (nSPS) is 10.9. The third-order valence-electron chi connectivity index (χ3n) is 4.37. The second-order valence-electron chi connectivity index (χ2n) is 7.06. The topological polar surface area (TPSA) is 120 Å². The highest BCUT2D eigenvalue weighted by atomic mass is 16.5. The highest BCUT2D eigenvalue weighted by Gasteiger charge is 2.24. The summed E-state index contributed by atoms with van der Waals surface area (Å²) >= 11 is 0. The molecule has 1 heterocycles. The summed E-state index contributed by atoms with van der Waals surface area (Å²) in [5.41, 5.74) is 5.58. The van der Waals surface area contributed by atoms with Gasteiger partial charge in [0.15, 0.2) is 5.69 Å². The van der Waals surface area contributed by atoms with E-state index >= 15 is 0 Å². The predicted octanol–water partition coefficient (Wildman–Crippen LogP) is 1.01. The first-order valence-corrected chi connectivity index (χ1v) is 9.33. The maximum atomic E-state index is 13.0. The van der Waals surface area contributed by atoms with Crippen molar-refractivity contribution >= 4 is 17.4 Å². The van der Waals surface area contributed by atoms with Crippen LogP contribution in [0, 0.1) is 5.92 Å². The van der Waals surface area contributed by atoms with Gasteiger partial charge in [-0.1, -0.05) is 26.0 Å². The molecule has 0 aliphatic carbocycles. The minimum absolute atomic E-state index is 0.0355. The second kappa shape index (κ2) is 9.92. The van der Waals surface area contributed by atoms with Crippen LogP contribution in [0.15, 0.2) is 33.9 Å². The number of methoxy groups -OCH3 is 2. The van der Waals surface area contributed by atoms with Crippen LogP contribution in [0.5, 0.6) is 5.75 Å². The van der Waals surface area contributed by atoms with Gasteiger partial charge >= 0.3 is 5.69 Å². The molecular weight excluding hydrogens is 376 g/mol. The second-order valence-corrected chi connectivity index (χ2v) is 7.06. The van der Waals surface area contributed by atoms with E-state index in [0.717, 1.165) is 5.56 Å². The summed E-state index contributed by atoms with van der Waals surface area (Å²) in [5, 5.41) is 0. The standard InChI is InChI=1S/C20H28N4O5/c1-13(2)12-24-18(21)17(19(26)22-20(24)27)23(9-10-28-3)16(25)11-14-5-7-15(29-4)8-6-14/h5-8,13H,9-12,21H2,1-4H3,(H,22,26,27). The first-order chi connectivity index (χ1) is 13.8. The number of aromatic amines is 1. The molecule has 2 rings (SSSR count). The summed E-state index contributed by atoms with van der Waals surface area (Å²) in [7, 11) is 3.06. The number of nitrogens with two attached hydrogens (primary N) is 1. The van der Waals surface area contributed by atoms with E-state index in [2.05, 4.69) is 4.98 Å². The molecule has 29 heavy (non-hydrogen) atoms. The van der Waals surface area contributed by atoms with Gasteiger partial charge in [0, 0.05) is 20.2 Å². The molecular formula is C20H28N4O5. The number of aromatic nitrogens is 2. The van der Waals surface area contributed by atoms with Crippen molar-refractivity contribution in [1.82, 2.24) is 9.55 Å². The highest BCUT2D eigenvalue weighted by Crippen LogP contribution is 2.19. The van der Waals surface area contributed by atoms with E-state index in [1.54, 1.807) is 31.4 Å². The molecule has 0 aliphatic heterocycles. The van der Waals surface area contributed by atoms with Crippen molar-refractivity contribution in [3.05, 3.63) is 50.7 Å². The van der Waals surface area contributed by atoms with Crippen LogP contribution >= 0.6 is 0 Å². The van der Waals surface area contributed by atoms with Gasteiger partial charge < -0.3 is 20.1 Å². The van der Waals surface area contributed by atoms with Crippen molar-refractivity contribution in [3.63, 3.8) is 0 Å². The van der Waals surface area contributed by atoms with Crippen LogP contribution in [-0.4, -0.2) is 42.8 Å². The van der Waals surface area contributed by atoms with Crippen molar-refractivity contribution < 1.29 is 14.3 Å². The minimum atomic E-state index is -0.702. The number of hydrogen-bond donors (Lipinski definition) is 2. The molecule has 0 unspecified atom stereocenters. The predicted molar refractivity (Wildman–Crippen MR) is 112 cm³/mol. The fraction of sp³-hybridized carbons (Fsp3) is 0.450. The molecule has 2 aromatic rings. The fourth-order valence-corrected chi connectivity index (χ4v) is 2.94. The van der Waals surface area contributed by atoms with Crippen molar-refractivity contribution in [2.45, 2.75) is 26.8 Å². The molecule has 3 N–H and O–H groups in total. The molecule has 0 spiro atoms. The summed E-state index contributed by atoms with van der Waals surface area (Å²) in [4.78, 5) is 41.3. The number of anilines is 2. The lowest BCUT2D eigenvalue weighted by Gasteiger charge is -2.25. The highest BCUT2D eigenvalue weighted by molar-refractivity contribution is 5.96. The van der Waals surface area contributed by atoms with Crippen LogP contribution < -0.4 is 26.6 Å². The van der Waals surface area contributed by atoms with Crippen molar-refractivity contribution in [3.8, 4) is 5.75 Å². The zero-order valence-corrected chi connectivity index (χ0v) is 17.2. The Morgan fingerprint density at radius 3 is 2.41 bits per heavy atom. The van der Waals surface area contributed by atoms with E-state index < -0.39 is 11.2 Å². The zero-order valence-electron chi connectivity index (χ0n) is 17.2. The van der Waals surface area contributed by atoms with Gasteiger partial charge in [0.25, 0.3) is 5.56 Å². The van der Waals surface area contributed by atoms with E-state index in [-0.39, 0.29) is 42.9 Å². The molecule has 0 atom stereocenters. The number of benzene rings is 1.